The van der Waals surface area contributed by atoms with E-state index < -0.39 is 11.9 Å². The van der Waals surface area contributed by atoms with Crippen molar-refractivity contribution < 1.29 is 9.18 Å². The second kappa shape index (κ2) is 4.04. The Hall–Kier alpha value is -2.11. The maximum absolute atomic E-state index is 13.5. The van der Waals surface area contributed by atoms with Gasteiger partial charge in [0, 0.05) is 7.05 Å². The summed E-state index contributed by atoms with van der Waals surface area (Å²) < 4.78 is 15.0. The lowest BCUT2D eigenvalue weighted by Crippen LogP contribution is -2.28. The Bertz CT molecular complexity index is 578. The van der Waals surface area contributed by atoms with E-state index in [1.807, 2.05) is 0 Å². The number of halogens is 1. The van der Waals surface area contributed by atoms with Gasteiger partial charge in [-0.05, 0) is 19.1 Å². The van der Waals surface area contributed by atoms with E-state index in [2.05, 4.69) is 10.3 Å². The molecule has 1 aromatic heterocycles. The zero-order chi connectivity index (χ0) is 12.6. The Labute approximate surface area is 97.4 Å². The molecular formula is C11H13FN4O. The second-order valence-electron chi connectivity index (χ2n) is 3.74. The van der Waals surface area contributed by atoms with Gasteiger partial charge in [-0.15, -0.1) is 0 Å². The minimum atomic E-state index is -0.535. The number of nitrogens with zero attached hydrogens (tertiary/aromatic N) is 2. The van der Waals surface area contributed by atoms with Crippen LogP contribution in [0.25, 0.3) is 11.0 Å². The van der Waals surface area contributed by atoms with Crippen molar-refractivity contribution in [3.8, 4) is 0 Å². The molecule has 1 atom stereocenters. The normalized spacial score (nSPS) is 12.6. The molecule has 17 heavy (non-hydrogen) atoms. The van der Waals surface area contributed by atoms with Gasteiger partial charge in [-0.3, -0.25) is 9.36 Å². The lowest BCUT2D eigenvalue weighted by molar-refractivity contribution is -0.123. The highest BCUT2D eigenvalue weighted by atomic mass is 19.1. The number of hydrogen-bond acceptors (Lipinski definition) is 3. The van der Waals surface area contributed by atoms with Crippen LogP contribution in [-0.2, 0) is 4.79 Å². The number of para-hydroxylation sites is 1. The zero-order valence-electron chi connectivity index (χ0n) is 9.57. The van der Waals surface area contributed by atoms with Crippen molar-refractivity contribution in [2.45, 2.75) is 13.0 Å². The number of aromatic nitrogens is 2. The minimum Gasteiger partial charge on any atom is -0.369 e. The molecule has 3 N–H and O–H groups in total. The van der Waals surface area contributed by atoms with Crippen LogP contribution in [0.5, 0.6) is 0 Å². The van der Waals surface area contributed by atoms with Gasteiger partial charge >= 0.3 is 0 Å². The van der Waals surface area contributed by atoms with Gasteiger partial charge in [-0.1, -0.05) is 6.07 Å². The highest BCUT2D eigenvalue weighted by Crippen LogP contribution is 2.24. The number of hydrogen-bond donors (Lipinski definition) is 2. The van der Waals surface area contributed by atoms with Crippen LogP contribution in [0, 0.1) is 5.82 Å². The first-order valence-corrected chi connectivity index (χ1v) is 5.19. The third-order valence-electron chi connectivity index (χ3n) is 2.71. The quantitative estimate of drug-likeness (QED) is 0.819. The van der Waals surface area contributed by atoms with Crippen molar-refractivity contribution in [1.29, 1.82) is 0 Å². The topological polar surface area (TPSA) is 72.9 Å². The number of nitrogen functional groups attached to an aromatic ring is 1. The summed E-state index contributed by atoms with van der Waals surface area (Å²) in [5.74, 6) is -0.529. The lowest BCUT2D eigenvalue weighted by Gasteiger charge is -2.14. The van der Waals surface area contributed by atoms with Gasteiger partial charge in [-0.25, -0.2) is 9.37 Å². The summed E-state index contributed by atoms with van der Waals surface area (Å²) in [5, 5.41) is 2.52. The van der Waals surface area contributed by atoms with Crippen molar-refractivity contribution in [3.63, 3.8) is 0 Å². The van der Waals surface area contributed by atoms with E-state index in [-0.39, 0.29) is 17.4 Å². The molecule has 1 aromatic carbocycles. The molecule has 5 nitrogen and oxygen atoms in total. The van der Waals surface area contributed by atoms with E-state index in [1.165, 1.54) is 17.7 Å². The average Bonchev–Trinajstić information content (AvgIpc) is 2.65. The summed E-state index contributed by atoms with van der Waals surface area (Å²) in [4.78, 5) is 15.5. The van der Waals surface area contributed by atoms with Gasteiger partial charge in [0.1, 0.15) is 11.6 Å². The fourth-order valence-corrected chi connectivity index (χ4v) is 1.83. The summed E-state index contributed by atoms with van der Waals surface area (Å²) in [7, 11) is 1.54. The molecule has 6 heteroatoms. The maximum atomic E-state index is 13.5. The Kier molecular flexibility index (Phi) is 2.71. The van der Waals surface area contributed by atoms with E-state index >= 15 is 0 Å². The highest BCUT2D eigenvalue weighted by molar-refractivity contribution is 5.85. The van der Waals surface area contributed by atoms with Gasteiger partial charge < -0.3 is 11.1 Å². The van der Waals surface area contributed by atoms with Crippen molar-refractivity contribution in [2.24, 2.45) is 0 Å². The third-order valence-corrected chi connectivity index (χ3v) is 2.71. The number of carbonyl (C=O) groups is 1. The highest BCUT2D eigenvalue weighted by Gasteiger charge is 2.20. The van der Waals surface area contributed by atoms with E-state index in [4.69, 9.17) is 5.73 Å². The number of nitrogens with two attached hydrogens (primary N) is 1. The number of rotatable bonds is 2. The van der Waals surface area contributed by atoms with E-state index in [0.717, 1.165) is 0 Å². The molecule has 0 aliphatic heterocycles. The molecular weight excluding hydrogens is 223 g/mol. The number of carbonyl (C=O) groups excluding carboxylic acids is 1. The molecule has 2 aromatic rings. The van der Waals surface area contributed by atoms with Gasteiger partial charge in [0.25, 0.3) is 0 Å². The summed E-state index contributed by atoms with van der Waals surface area (Å²) in [5.41, 5.74) is 6.41. The fourth-order valence-electron chi connectivity index (χ4n) is 1.83. The molecule has 1 amide bonds. The van der Waals surface area contributed by atoms with E-state index in [0.29, 0.717) is 5.52 Å². The number of nitrogens with one attached hydrogen (secondary N) is 1. The van der Waals surface area contributed by atoms with Crippen LogP contribution >= 0.6 is 0 Å². The minimum absolute atomic E-state index is 0.126. The number of fused-ring (bicyclic) bond motifs is 1. The first-order chi connectivity index (χ1) is 8.06. The van der Waals surface area contributed by atoms with Gasteiger partial charge in [0.05, 0.1) is 5.52 Å². The summed E-state index contributed by atoms with van der Waals surface area (Å²) in [6, 6.07) is 4.02. The van der Waals surface area contributed by atoms with E-state index in [1.54, 1.807) is 19.1 Å². The van der Waals surface area contributed by atoms with Crippen molar-refractivity contribution in [3.05, 3.63) is 24.0 Å². The van der Waals surface area contributed by atoms with Gasteiger partial charge in [0.2, 0.25) is 11.9 Å². The SMILES string of the molecule is CNC(=O)C(C)n1c(N)nc2c(F)cccc21. The summed E-state index contributed by atoms with van der Waals surface area (Å²) in [6.45, 7) is 1.68. The Morgan fingerprint density at radius 1 is 1.59 bits per heavy atom. The molecule has 90 valence electrons. The van der Waals surface area contributed by atoms with Crippen molar-refractivity contribution in [2.75, 3.05) is 12.8 Å². The van der Waals surface area contributed by atoms with Crippen LogP contribution in [0.4, 0.5) is 10.3 Å². The van der Waals surface area contributed by atoms with Crippen LogP contribution in [0.1, 0.15) is 13.0 Å². The number of amides is 1. The average molecular weight is 236 g/mol. The molecule has 0 spiro atoms. The molecule has 1 heterocycles. The number of anilines is 1. The third kappa shape index (κ3) is 1.71. The van der Waals surface area contributed by atoms with Gasteiger partial charge in [-0.2, -0.15) is 0 Å². The molecule has 2 rings (SSSR count). The molecule has 0 radical (unpaired) electrons. The van der Waals surface area contributed by atoms with Crippen molar-refractivity contribution >= 4 is 22.9 Å². The smallest absolute Gasteiger partial charge is 0.242 e. The second-order valence-corrected chi connectivity index (χ2v) is 3.74. The Balaban J connectivity index is 2.65. The van der Waals surface area contributed by atoms with Crippen LogP contribution in [-0.4, -0.2) is 22.5 Å². The summed E-state index contributed by atoms with van der Waals surface area (Å²) in [6.07, 6.45) is 0. The molecule has 0 aliphatic carbocycles. The molecule has 0 bridgehead atoms. The van der Waals surface area contributed by atoms with Crippen LogP contribution in [0.15, 0.2) is 18.2 Å². The van der Waals surface area contributed by atoms with Crippen molar-refractivity contribution in [1.82, 2.24) is 14.9 Å². The fraction of sp³-hybridized carbons (Fsp3) is 0.273. The molecule has 0 fully saturated rings. The molecule has 0 aliphatic rings. The maximum Gasteiger partial charge on any atom is 0.242 e. The monoisotopic (exact) mass is 236 g/mol. The number of likely N-dealkylation sites (N-methyl/N-ethyl adjacent to an activating group) is 1. The van der Waals surface area contributed by atoms with Gasteiger partial charge in [0.15, 0.2) is 5.82 Å². The van der Waals surface area contributed by atoms with Crippen LogP contribution in [0.2, 0.25) is 0 Å². The summed E-state index contributed by atoms with van der Waals surface area (Å²) >= 11 is 0. The first kappa shape index (κ1) is 11.4. The lowest BCUT2D eigenvalue weighted by atomic mass is 10.2. The molecule has 0 saturated carbocycles. The first-order valence-electron chi connectivity index (χ1n) is 5.19. The predicted octanol–water partition coefficient (Wildman–Crippen LogP) is 1.06. The van der Waals surface area contributed by atoms with Crippen LogP contribution in [0.3, 0.4) is 0 Å². The Morgan fingerprint density at radius 3 is 2.94 bits per heavy atom. The predicted molar refractivity (Wildman–Crippen MR) is 62.9 cm³/mol. The largest absolute Gasteiger partial charge is 0.369 e. The number of imidazole rings is 1. The molecule has 1 unspecified atom stereocenters. The molecule has 0 saturated heterocycles. The zero-order valence-corrected chi connectivity index (χ0v) is 9.57. The number of benzene rings is 1. The van der Waals surface area contributed by atoms with Crippen LogP contribution < -0.4 is 11.1 Å². The van der Waals surface area contributed by atoms with E-state index in [9.17, 15) is 9.18 Å². The standard InChI is InChI=1S/C11H13FN4O/c1-6(10(17)14-2)16-8-5-3-4-7(12)9(8)15-11(16)13/h3-6H,1-2H3,(H2,13,15)(H,14,17). The Morgan fingerprint density at radius 2 is 2.29 bits per heavy atom.